The Morgan fingerprint density at radius 2 is 2.35 bits per heavy atom. The van der Waals surface area contributed by atoms with Gasteiger partial charge in [0.1, 0.15) is 5.15 Å². The molecular formula is C15H23ClN3O+. The number of likely N-dealkylation sites (tertiary alicyclic amines) is 1. The molecule has 1 unspecified atom stereocenters. The van der Waals surface area contributed by atoms with Crippen LogP contribution in [-0.4, -0.2) is 36.6 Å². The lowest BCUT2D eigenvalue weighted by molar-refractivity contribution is -0.928. The maximum atomic E-state index is 11.9. The molecule has 1 amide bonds. The van der Waals surface area contributed by atoms with Crippen LogP contribution in [0.15, 0.2) is 18.3 Å². The number of nitrogens with zero attached hydrogens (tertiary/aromatic N) is 1. The van der Waals surface area contributed by atoms with Gasteiger partial charge in [-0.1, -0.05) is 11.6 Å². The molecule has 4 nitrogen and oxygen atoms in total. The van der Waals surface area contributed by atoms with Gasteiger partial charge >= 0.3 is 0 Å². The highest BCUT2D eigenvalue weighted by Gasteiger charge is 2.20. The highest BCUT2D eigenvalue weighted by molar-refractivity contribution is 6.29. The largest absolute Gasteiger partial charge is 0.352 e. The van der Waals surface area contributed by atoms with Crippen molar-refractivity contribution < 1.29 is 9.69 Å². The van der Waals surface area contributed by atoms with Crippen LogP contribution in [0.3, 0.4) is 0 Å². The fourth-order valence-electron chi connectivity index (χ4n) is 2.75. The Labute approximate surface area is 125 Å². The fourth-order valence-corrected chi connectivity index (χ4v) is 2.87. The summed E-state index contributed by atoms with van der Waals surface area (Å²) >= 11 is 5.70. The van der Waals surface area contributed by atoms with Gasteiger partial charge in [-0.3, -0.25) is 4.79 Å². The van der Waals surface area contributed by atoms with Crippen molar-refractivity contribution in [2.75, 3.05) is 19.6 Å². The Kier molecular flexibility index (Phi) is 5.80. The summed E-state index contributed by atoms with van der Waals surface area (Å²) in [7, 11) is 0. The van der Waals surface area contributed by atoms with Crippen LogP contribution in [0.2, 0.25) is 5.15 Å². The molecule has 110 valence electrons. The number of hydrogen-bond acceptors (Lipinski definition) is 2. The van der Waals surface area contributed by atoms with Gasteiger partial charge in [0.15, 0.2) is 0 Å². The number of rotatable bonds is 5. The Morgan fingerprint density at radius 1 is 1.50 bits per heavy atom. The van der Waals surface area contributed by atoms with Gasteiger partial charge in [0.05, 0.1) is 24.7 Å². The predicted molar refractivity (Wildman–Crippen MR) is 80.2 cm³/mol. The molecule has 1 fully saturated rings. The molecule has 0 spiro atoms. The van der Waals surface area contributed by atoms with Crippen LogP contribution in [0, 0.1) is 0 Å². The van der Waals surface area contributed by atoms with Crippen LogP contribution in [0.1, 0.15) is 43.0 Å². The Bertz CT molecular complexity index is 435. The molecule has 0 aromatic carbocycles. The van der Waals surface area contributed by atoms with E-state index >= 15 is 0 Å². The average Bonchev–Trinajstić information content (AvgIpc) is 2.46. The van der Waals surface area contributed by atoms with Crippen LogP contribution in [0.25, 0.3) is 0 Å². The molecule has 20 heavy (non-hydrogen) atoms. The summed E-state index contributed by atoms with van der Waals surface area (Å²) in [6, 6.07) is 4.10. The van der Waals surface area contributed by atoms with Crippen molar-refractivity contribution in [3.63, 3.8) is 0 Å². The number of carbonyl (C=O) groups is 1. The predicted octanol–water partition coefficient (Wildman–Crippen LogP) is 1.31. The molecule has 0 radical (unpaired) electrons. The molecule has 1 aromatic rings. The number of aromatic nitrogens is 1. The maximum Gasteiger partial charge on any atom is 0.252 e. The fraction of sp³-hybridized carbons (Fsp3) is 0.600. The van der Waals surface area contributed by atoms with E-state index in [0.29, 0.717) is 10.7 Å². The quantitative estimate of drug-likeness (QED) is 0.636. The van der Waals surface area contributed by atoms with Gasteiger partial charge in [0.2, 0.25) is 0 Å². The second-order valence-corrected chi connectivity index (χ2v) is 5.92. The molecule has 1 aliphatic rings. The average molecular weight is 297 g/mol. The monoisotopic (exact) mass is 296 g/mol. The van der Waals surface area contributed by atoms with Crippen molar-refractivity contribution in [1.29, 1.82) is 0 Å². The van der Waals surface area contributed by atoms with Crippen molar-refractivity contribution in [2.45, 2.75) is 38.6 Å². The Hall–Kier alpha value is -1.13. The third-order valence-corrected chi connectivity index (χ3v) is 4.26. The van der Waals surface area contributed by atoms with Gasteiger partial charge in [-0.2, -0.15) is 0 Å². The van der Waals surface area contributed by atoms with Gasteiger partial charge in [-0.15, -0.1) is 0 Å². The van der Waals surface area contributed by atoms with E-state index in [1.165, 1.54) is 32.0 Å². The molecule has 0 saturated carbocycles. The molecule has 1 aromatic heterocycles. The van der Waals surface area contributed by atoms with Crippen molar-refractivity contribution in [1.82, 2.24) is 10.3 Å². The third kappa shape index (κ3) is 4.46. The lowest BCUT2D eigenvalue weighted by Gasteiger charge is -2.30. The van der Waals surface area contributed by atoms with E-state index in [0.717, 1.165) is 25.6 Å². The van der Waals surface area contributed by atoms with E-state index in [4.69, 9.17) is 11.6 Å². The second-order valence-electron chi connectivity index (χ2n) is 5.53. The first-order chi connectivity index (χ1) is 9.66. The number of hydrogen-bond donors (Lipinski definition) is 2. The highest BCUT2D eigenvalue weighted by Crippen LogP contribution is 2.05. The van der Waals surface area contributed by atoms with E-state index in [1.807, 2.05) is 0 Å². The standard InChI is InChI=1S/C15H22ClN3O/c1-12-5-2-3-9-19(12)10-4-8-17-15(20)13-6-7-14(16)18-11-13/h6-7,11-12H,2-5,8-10H2,1H3,(H,17,20)/p+1/t12-/m1/s1. The number of amides is 1. The molecule has 2 atom stereocenters. The zero-order chi connectivity index (χ0) is 14.4. The third-order valence-electron chi connectivity index (χ3n) is 4.03. The van der Waals surface area contributed by atoms with Crippen molar-refractivity contribution in [3.05, 3.63) is 29.0 Å². The zero-order valence-corrected chi connectivity index (χ0v) is 12.7. The number of piperidine rings is 1. The summed E-state index contributed by atoms with van der Waals surface area (Å²) in [4.78, 5) is 17.5. The Balaban J connectivity index is 1.67. The van der Waals surface area contributed by atoms with Gasteiger partial charge in [0, 0.05) is 19.2 Å². The van der Waals surface area contributed by atoms with Crippen molar-refractivity contribution in [2.24, 2.45) is 0 Å². The minimum absolute atomic E-state index is 0.0733. The Morgan fingerprint density at radius 3 is 3.05 bits per heavy atom. The van der Waals surface area contributed by atoms with Gasteiger partial charge < -0.3 is 10.2 Å². The molecule has 1 aliphatic heterocycles. The van der Waals surface area contributed by atoms with Crippen LogP contribution in [-0.2, 0) is 0 Å². The minimum atomic E-state index is -0.0733. The van der Waals surface area contributed by atoms with E-state index in [1.54, 1.807) is 17.0 Å². The first-order valence-electron chi connectivity index (χ1n) is 7.41. The molecule has 0 aliphatic carbocycles. The SMILES string of the molecule is C[C@@H]1CCCC[NH+]1CCCNC(=O)c1ccc(Cl)nc1. The number of pyridine rings is 1. The topological polar surface area (TPSA) is 46.4 Å². The van der Waals surface area contributed by atoms with Crippen LogP contribution in [0.5, 0.6) is 0 Å². The number of quaternary nitrogens is 1. The van der Waals surface area contributed by atoms with Crippen molar-refractivity contribution in [3.8, 4) is 0 Å². The summed E-state index contributed by atoms with van der Waals surface area (Å²) in [6.45, 7) is 5.46. The maximum absolute atomic E-state index is 11.9. The summed E-state index contributed by atoms with van der Waals surface area (Å²) in [5, 5.41) is 3.34. The normalized spacial score (nSPS) is 22.5. The van der Waals surface area contributed by atoms with Gasteiger partial charge in [-0.05, 0) is 38.3 Å². The molecule has 1 saturated heterocycles. The van der Waals surface area contributed by atoms with Crippen LogP contribution >= 0.6 is 11.6 Å². The molecule has 0 bridgehead atoms. The highest BCUT2D eigenvalue weighted by atomic mass is 35.5. The second kappa shape index (κ2) is 7.60. The van der Waals surface area contributed by atoms with Crippen LogP contribution in [0.4, 0.5) is 0 Å². The summed E-state index contributed by atoms with van der Waals surface area (Å²) in [5.74, 6) is -0.0733. The summed E-state index contributed by atoms with van der Waals surface area (Å²) < 4.78 is 0. The summed E-state index contributed by atoms with van der Waals surface area (Å²) in [6.07, 6.45) is 6.56. The molecular weight excluding hydrogens is 274 g/mol. The number of halogens is 1. The molecule has 5 heteroatoms. The molecule has 2 rings (SSSR count). The lowest BCUT2D eigenvalue weighted by Crippen LogP contribution is -3.16. The van der Waals surface area contributed by atoms with E-state index in [9.17, 15) is 4.79 Å². The number of carbonyl (C=O) groups excluding carboxylic acids is 1. The smallest absolute Gasteiger partial charge is 0.252 e. The minimum Gasteiger partial charge on any atom is -0.352 e. The van der Waals surface area contributed by atoms with E-state index in [2.05, 4.69) is 17.2 Å². The molecule has 2 N–H and O–H groups in total. The van der Waals surface area contributed by atoms with Gasteiger partial charge in [-0.25, -0.2) is 4.98 Å². The van der Waals surface area contributed by atoms with E-state index in [-0.39, 0.29) is 5.91 Å². The number of nitrogens with one attached hydrogen (secondary N) is 2. The summed E-state index contributed by atoms with van der Waals surface area (Å²) in [5.41, 5.74) is 0.563. The van der Waals surface area contributed by atoms with Crippen molar-refractivity contribution >= 4 is 17.5 Å². The first-order valence-corrected chi connectivity index (χ1v) is 7.79. The first kappa shape index (κ1) is 15.3. The van der Waals surface area contributed by atoms with Crippen LogP contribution < -0.4 is 10.2 Å². The lowest BCUT2D eigenvalue weighted by atomic mass is 10.0. The molecule has 2 heterocycles. The zero-order valence-electron chi connectivity index (χ0n) is 12.0. The van der Waals surface area contributed by atoms with Gasteiger partial charge in [0.25, 0.3) is 5.91 Å². The van der Waals surface area contributed by atoms with E-state index < -0.39 is 0 Å².